The molecule has 2 aliphatic rings. The second-order valence-corrected chi connectivity index (χ2v) is 8.56. The molecule has 1 aromatic heterocycles. The summed E-state index contributed by atoms with van der Waals surface area (Å²) < 4.78 is 17.2. The molecule has 1 atom stereocenters. The third-order valence-corrected chi connectivity index (χ3v) is 6.09. The maximum atomic E-state index is 13.1. The van der Waals surface area contributed by atoms with E-state index in [-0.39, 0.29) is 18.4 Å². The summed E-state index contributed by atoms with van der Waals surface area (Å²) in [6.07, 6.45) is 3.27. The van der Waals surface area contributed by atoms with Gasteiger partial charge in [-0.15, -0.1) is 11.3 Å². The molecule has 0 aliphatic carbocycles. The summed E-state index contributed by atoms with van der Waals surface area (Å²) in [7, 11) is 0. The number of fused-ring (bicyclic) bond motifs is 1. The normalized spacial score (nSPS) is 18.7. The van der Waals surface area contributed by atoms with Gasteiger partial charge in [-0.1, -0.05) is 17.7 Å². The molecule has 2 aromatic rings. The molecule has 1 amide bonds. The Morgan fingerprint density at radius 2 is 2.11 bits per heavy atom. The minimum absolute atomic E-state index is 0.0643. The third kappa shape index (κ3) is 4.80. The molecule has 1 unspecified atom stereocenters. The first kappa shape index (κ1) is 19.6. The highest BCUT2D eigenvalue weighted by Gasteiger charge is 2.24. The van der Waals surface area contributed by atoms with Crippen LogP contribution in [0.15, 0.2) is 29.6 Å². The Morgan fingerprint density at radius 3 is 2.89 bits per heavy atom. The average molecular weight is 422 g/mol. The summed E-state index contributed by atoms with van der Waals surface area (Å²) in [5.74, 6) is 1.26. The number of ether oxygens (including phenoxy) is 3. The molecule has 5 nitrogen and oxygen atoms in total. The second kappa shape index (κ2) is 9.16. The second-order valence-electron chi connectivity index (χ2n) is 7.12. The monoisotopic (exact) mass is 421 g/mol. The number of thiophene rings is 1. The molecular formula is C21H24ClNO4S. The molecule has 0 saturated carbocycles. The molecule has 0 N–H and O–H groups in total. The van der Waals surface area contributed by atoms with E-state index in [4.69, 9.17) is 25.8 Å². The van der Waals surface area contributed by atoms with E-state index in [1.165, 1.54) is 4.88 Å². The number of carbonyl (C=O) groups is 1. The van der Waals surface area contributed by atoms with Gasteiger partial charge in [-0.25, -0.2) is 0 Å². The van der Waals surface area contributed by atoms with Crippen LogP contribution in [-0.4, -0.2) is 43.3 Å². The molecule has 7 heteroatoms. The van der Waals surface area contributed by atoms with Gasteiger partial charge in [0.05, 0.1) is 37.3 Å². The SMILES string of the molecule is O=C(Cc1cc(Cl)c2c(c1)OCCCO2)N(Cc1cccs1)CC1CCCO1. The smallest absolute Gasteiger partial charge is 0.227 e. The number of amides is 1. The van der Waals surface area contributed by atoms with Crippen molar-refractivity contribution in [3.05, 3.63) is 45.1 Å². The quantitative estimate of drug-likeness (QED) is 0.697. The Labute approximate surface area is 174 Å². The minimum Gasteiger partial charge on any atom is -0.489 e. The molecule has 0 spiro atoms. The highest BCUT2D eigenvalue weighted by Crippen LogP contribution is 2.38. The lowest BCUT2D eigenvalue weighted by atomic mass is 10.1. The zero-order chi connectivity index (χ0) is 19.3. The highest BCUT2D eigenvalue weighted by atomic mass is 35.5. The average Bonchev–Trinajstić information content (AvgIpc) is 3.32. The molecule has 150 valence electrons. The number of nitrogens with zero attached hydrogens (tertiary/aromatic N) is 1. The van der Waals surface area contributed by atoms with Gasteiger partial charge in [0.2, 0.25) is 5.91 Å². The van der Waals surface area contributed by atoms with Crippen LogP contribution in [0.1, 0.15) is 29.7 Å². The van der Waals surface area contributed by atoms with Crippen LogP contribution < -0.4 is 9.47 Å². The minimum atomic E-state index is 0.0643. The van der Waals surface area contributed by atoms with Crippen LogP contribution >= 0.6 is 22.9 Å². The first-order valence-electron chi connectivity index (χ1n) is 9.69. The van der Waals surface area contributed by atoms with Gasteiger partial charge in [0.25, 0.3) is 0 Å². The van der Waals surface area contributed by atoms with E-state index < -0.39 is 0 Å². The Hall–Kier alpha value is -1.76. The van der Waals surface area contributed by atoms with Gasteiger partial charge in [-0.3, -0.25) is 4.79 Å². The van der Waals surface area contributed by atoms with Crippen molar-refractivity contribution in [2.45, 2.75) is 38.3 Å². The number of benzene rings is 1. The molecule has 1 fully saturated rings. The first-order chi connectivity index (χ1) is 13.7. The molecule has 1 saturated heterocycles. The number of rotatable bonds is 6. The van der Waals surface area contributed by atoms with E-state index >= 15 is 0 Å². The molecular weight excluding hydrogens is 398 g/mol. The van der Waals surface area contributed by atoms with E-state index in [0.717, 1.165) is 31.4 Å². The Bertz CT molecular complexity index is 805. The topological polar surface area (TPSA) is 48.0 Å². The highest BCUT2D eigenvalue weighted by molar-refractivity contribution is 7.09. The lowest BCUT2D eigenvalue weighted by Gasteiger charge is -2.25. The van der Waals surface area contributed by atoms with E-state index in [9.17, 15) is 4.79 Å². The summed E-state index contributed by atoms with van der Waals surface area (Å²) in [4.78, 5) is 16.2. The van der Waals surface area contributed by atoms with Gasteiger partial charge in [-0.2, -0.15) is 0 Å². The zero-order valence-corrected chi connectivity index (χ0v) is 17.3. The van der Waals surface area contributed by atoms with Crippen LogP contribution in [0.5, 0.6) is 11.5 Å². The lowest BCUT2D eigenvalue weighted by Crippen LogP contribution is -2.37. The van der Waals surface area contributed by atoms with Crippen molar-refractivity contribution >= 4 is 28.8 Å². The number of halogens is 1. The van der Waals surface area contributed by atoms with Crippen LogP contribution in [0.3, 0.4) is 0 Å². The van der Waals surface area contributed by atoms with Crippen molar-refractivity contribution in [2.24, 2.45) is 0 Å². The standard InChI is InChI=1S/C21H24ClNO4S/c22-18-10-15(11-19-21(18)27-8-3-7-26-19)12-20(24)23(13-16-4-1-6-25-16)14-17-5-2-9-28-17/h2,5,9-11,16H,1,3-4,6-8,12-14H2. The Balaban J connectivity index is 1.50. The molecule has 2 aliphatic heterocycles. The molecule has 1 aromatic carbocycles. The van der Waals surface area contributed by atoms with E-state index in [0.29, 0.717) is 42.8 Å². The summed E-state index contributed by atoms with van der Waals surface area (Å²) >= 11 is 8.05. The van der Waals surface area contributed by atoms with Crippen LogP contribution in [0.4, 0.5) is 0 Å². The van der Waals surface area contributed by atoms with Crippen molar-refractivity contribution in [2.75, 3.05) is 26.4 Å². The van der Waals surface area contributed by atoms with Crippen LogP contribution in [0, 0.1) is 0 Å². The van der Waals surface area contributed by atoms with Crippen molar-refractivity contribution in [1.82, 2.24) is 4.90 Å². The lowest BCUT2D eigenvalue weighted by molar-refractivity contribution is -0.132. The van der Waals surface area contributed by atoms with Gasteiger partial charge >= 0.3 is 0 Å². The summed E-state index contributed by atoms with van der Waals surface area (Å²) in [5.41, 5.74) is 0.836. The molecule has 28 heavy (non-hydrogen) atoms. The fraction of sp³-hybridized carbons (Fsp3) is 0.476. The van der Waals surface area contributed by atoms with Crippen molar-refractivity contribution < 1.29 is 19.0 Å². The number of hydrogen-bond donors (Lipinski definition) is 0. The van der Waals surface area contributed by atoms with Crippen molar-refractivity contribution in [3.63, 3.8) is 0 Å². The fourth-order valence-corrected chi connectivity index (χ4v) is 4.56. The van der Waals surface area contributed by atoms with Gasteiger partial charge in [0, 0.05) is 24.4 Å². The van der Waals surface area contributed by atoms with Gasteiger partial charge in [-0.05, 0) is 42.0 Å². The number of hydrogen-bond acceptors (Lipinski definition) is 5. The maximum absolute atomic E-state index is 13.1. The molecule has 3 heterocycles. The van der Waals surface area contributed by atoms with Gasteiger partial charge in [0.15, 0.2) is 11.5 Å². The molecule has 0 bridgehead atoms. The summed E-state index contributed by atoms with van der Waals surface area (Å²) in [5, 5.41) is 2.53. The van der Waals surface area contributed by atoms with E-state index in [1.807, 2.05) is 28.5 Å². The predicted molar refractivity (Wildman–Crippen MR) is 109 cm³/mol. The summed E-state index contributed by atoms with van der Waals surface area (Å²) in [6.45, 7) is 3.18. The molecule has 4 rings (SSSR count). The van der Waals surface area contributed by atoms with Gasteiger partial charge < -0.3 is 19.1 Å². The zero-order valence-electron chi connectivity index (χ0n) is 15.7. The fourth-order valence-electron chi connectivity index (χ4n) is 3.55. The largest absolute Gasteiger partial charge is 0.489 e. The predicted octanol–water partition coefficient (Wildman–Crippen LogP) is 4.31. The van der Waals surface area contributed by atoms with Crippen molar-refractivity contribution in [3.8, 4) is 11.5 Å². The molecule has 0 radical (unpaired) electrons. The third-order valence-electron chi connectivity index (χ3n) is 4.94. The van der Waals surface area contributed by atoms with Crippen LogP contribution in [-0.2, 0) is 22.5 Å². The van der Waals surface area contributed by atoms with E-state index in [1.54, 1.807) is 11.3 Å². The first-order valence-corrected chi connectivity index (χ1v) is 10.9. The van der Waals surface area contributed by atoms with E-state index in [2.05, 4.69) is 6.07 Å². The summed E-state index contributed by atoms with van der Waals surface area (Å²) in [6, 6.07) is 7.76. The number of carbonyl (C=O) groups excluding carboxylic acids is 1. The van der Waals surface area contributed by atoms with Crippen LogP contribution in [0.25, 0.3) is 0 Å². The Morgan fingerprint density at radius 1 is 1.21 bits per heavy atom. The van der Waals surface area contributed by atoms with Crippen molar-refractivity contribution in [1.29, 1.82) is 0 Å². The maximum Gasteiger partial charge on any atom is 0.227 e. The van der Waals surface area contributed by atoms with Gasteiger partial charge in [0.1, 0.15) is 0 Å². The Kier molecular flexibility index (Phi) is 6.40. The van der Waals surface area contributed by atoms with Crippen LogP contribution in [0.2, 0.25) is 5.02 Å².